The monoisotopic (exact) mass is 301 g/mol. The van der Waals surface area contributed by atoms with Gasteiger partial charge in [-0.15, -0.1) is 0 Å². The minimum absolute atomic E-state index is 0.0982. The molecular formula is C15H21Cl2NO. The molecule has 2 unspecified atom stereocenters. The molecule has 1 aliphatic heterocycles. The molecule has 1 saturated heterocycles. The molecule has 0 radical (unpaired) electrons. The van der Waals surface area contributed by atoms with Gasteiger partial charge in [-0.05, 0) is 50.4 Å². The summed E-state index contributed by atoms with van der Waals surface area (Å²) in [6.07, 6.45) is 3.09. The SMILES string of the molecule is CCNC(Cc1ccc(Cl)cc1Cl)C1(C)CCCO1. The minimum Gasteiger partial charge on any atom is -0.374 e. The van der Waals surface area contributed by atoms with E-state index in [2.05, 4.69) is 19.2 Å². The molecule has 1 N–H and O–H groups in total. The molecule has 1 aromatic carbocycles. The second-order valence-electron chi connectivity index (χ2n) is 5.31. The number of halogens is 2. The van der Waals surface area contributed by atoms with Crippen LogP contribution in [0.3, 0.4) is 0 Å². The van der Waals surface area contributed by atoms with Crippen molar-refractivity contribution >= 4 is 23.2 Å². The van der Waals surface area contributed by atoms with Crippen LogP contribution in [0.1, 0.15) is 32.3 Å². The first-order chi connectivity index (χ1) is 9.05. The second kappa shape index (κ2) is 6.45. The Morgan fingerprint density at radius 3 is 2.79 bits per heavy atom. The molecule has 0 saturated carbocycles. The van der Waals surface area contributed by atoms with Crippen molar-refractivity contribution in [2.24, 2.45) is 0 Å². The molecular weight excluding hydrogens is 281 g/mol. The normalized spacial score (nSPS) is 24.6. The van der Waals surface area contributed by atoms with Gasteiger partial charge in [0.2, 0.25) is 0 Å². The maximum atomic E-state index is 6.27. The van der Waals surface area contributed by atoms with Crippen LogP contribution in [0, 0.1) is 0 Å². The van der Waals surface area contributed by atoms with Crippen LogP contribution in [0.15, 0.2) is 18.2 Å². The van der Waals surface area contributed by atoms with Gasteiger partial charge in [0.05, 0.1) is 5.60 Å². The lowest BCUT2D eigenvalue weighted by Gasteiger charge is -2.34. The number of hydrogen-bond donors (Lipinski definition) is 1. The molecule has 1 aliphatic rings. The van der Waals surface area contributed by atoms with Gasteiger partial charge in [0.15, 0.2) is 0 Å². The Hall–Kier alpha value is -0.280. The highest BCUT2D eigenvalue weighted by Crippen LogP contribution is 2.32. The molecule has 106 valence electrons. The average molecular weight is 302 g/mol. The maximum Gasteiger partial charge on any atom is 0.0810 e. The highest BCUT2D eigenvalue weighted by molar-refractivity contribution is 6.35. The van der Waals surface area contributed by atoms with Crippen LogP contribution in [0.2, 0.25) is 10.0 Å². The smallest absolute Gasteiger partial charge is 0.0810 e. The molecule has 19 heavy (non-hydrogen) atoms. The summed E-state index contributed by atoms with van der Waals surface area (Å²) >= 11 is 12.2. The highest BCUT2D eigenvalue weighted by atomic mass is 35.5. The van der Waals surface area contributed by atoms with Gasteiger partial charge in [0.25, 0.3) is 0 Å². The van der Waals surface area contributed by atoms with Gasteiger partial charge < -0.3 is 10.1 Å². The van der Waals surface area contributed by atoms with E-state index in [0.717, 1.165) is 43.0 Å². The van der Waals surface area contributed by atoms with Crippen molar-refractivity contribution in [3.63, 3.8) is 0 Å². The number of hydrogen-bond acceptors (Lipinski definition) is 2. The van der Waals surface area contributed by atoms with E-state index in [1.807, 2.05) is 12.1 Å². The van der Waals surface area contributed by atoms with Crippen LogP contribution < -0.4 is 5.32 Å². The molecule has 1 aromatic rings. The first-order valence-electron chi connectivity index (χ1n) is 6.86. The molecule has 1 fully saturated rings. The van der Waals surface area contributed by atoms with Gasteiger partial charge in [-0.2, -0.15) is 0 Å². The van der Waals surface area contributed by atoms with Crippen molar-refractivity contribution < 1.29 is 4.74 Å². The van der Waals surface area contributed by atoms with Crippen molar-refractivity contribution in [1.29, 1.82) is 0 Å². The molecule has 2 rings (SSSR count). The zero-order chi connectivity index (χ0) is 13.9. The topological polar surface area (TPSA) is 21.3 Å². The van der Waals surface area contributed by atoms with Crippen molar-refractivity contribution in [3.8, 4) is 0 Å². The number of likely N-dealkylation sites (N-methyl/N-ethyl adjacent to an activating group) is 1. The van der Waals surface area contributed by atoms with Crippen LogP contribution in [0.4, 0.5) is 0 Å². The van der Waals surface area contributed by atoms with Gasteiger partial charge in [0.1, 0.15) is 0 Å². The summed E-state index contributed by atoms with van der Waals surface area (Å²) < 4.78 is 5.96. The molecule has 0 spiro atoms. The summed E-state index contributed by atoms with van der Waals surface area (Å²) in [5.41, 5.74) is 1.02. The Labute approximate surface area is 125 Å². The van der Waals surface area contributed by atoms with E-state index < -0.39 is 0 Å². The predicted octanol–water partition coefficient (Wildman–Crippen LogP) is 4.08. The van der Waals surface area contributed by atoms with Crippen molar-refractivity contribution in [2.75, 3.05) is 13.2 Å². The van der Waals surface area contributed by atoms with Crippen LogP contribution >= 0.6 is 23.2 Å². The first-order valence-corrected chi connectivity index (χ1v) is 7.62. The molecule has 0 aliphatic carbocycles. The van der Waals surface area contributed by atoms with Crippen LogP contribution in [-0.4, -0.2) is 24.8 Å². The van der Waals surface area contributed by atoms with Crippen molar-refractivity contribution in [2.45, 2.75) is 44.8 Å². The Morgan fingerprint density at radius 1 is 1.42 bits per heavy atom. The Bertz CT molecular complexity index is 430. The maximum absolute atomic E-state index is 6.27. The molecule has 2 atom stereocenters. The third-order valence-electron chi connectivity index (χ3n) is 3.88. The summed E-state index contributed by atoms with van der Waals surface area (Å²) in [6.45, 7) is 6.09. The molecule has 1 heterocycles. The van der Waals surface area contributed by atoms with E-state index in [4.69, 9.17) is 27.9 Å². The Kier molecular flexibility index (Phi) is 5.13. The van der Waals surface area contributed by atoms with Gasteiger partial charge in [0, 0.05) is 22.7 Å². The van der Waals surface area contributed by atoms with Crippen LogP contribution in [0.5, 0.6) is 0 Å². The summed E-state index contributed by atoms with van der Waals surface area (Å²) in [6, 6.07) is 5.98. The third-order valence-corrected chi connectivity index (χ3v) is 4.46. The van der Waals surface area contributed by atoms with E-state index in [-0.39, 0.29) is 11.6 Å². The van der Waals surface area contributed by atoms with E-state index in [1.54, 1.807) is 6.07 Å². The van der Waals surface area contributed by atoms with Crippen LogP contribution in [0.25, 0.3) is 0 Å². The van der Waals surface area contributed by atoms with Crippen molar-refractivity contribution in [1.82, 2.24) is 5.32 Å². The predicted molar refractivity (Wildman–Crippen MR) is 81.2 cm³/mol. The van der Waals surface area contributed by atoms with Gasteiger partial charge in [-0.25, -0.2) is 0 Å². The summed E-state index contributed by atoms with van der Waals surface area (Å²) in [5, 5.41) is 4.95. The highest BCUT2D eigenvalue weighted by Gasteiger charge is 2.38. The number of ether oxygens (including phenoxy) is 1. The number of benzene rings is 1. The lowest BCUT2D eigenvalue weighted by Crippen LogP contribution is -2.49. The minimum atomic E-state index is -0.0982. The molecule has 2 nitrogen and oxygen atoms in total. The lowest BCUT2D eigenvalue weighted by atomic mass is 9.88. The molecule has 4 heteroatoms. The largest absolute Gasteiger partial charge is 0.374 e. The van der Waals surface area contributed by atoms with Gasteiger partial charge in [-0.1, -0.05) is 36.2 Å². The Morgan fingerprint density at radius 2 is 2.21 bits per heavy atom. The summed E-state index contributed by atoms with van der Waals surface area (Å²) in [5.74, 6) is 0. The Balaban J connectivity index is 2.16. The van der Waals surface area contributed by atoms with Crippen LogP contribution in [-0.2, 0) is 11.2 Å². The number of rotatable bonds is 5. The lowest BCUT2D eigenvalue weighted by molar-refractivity contribution is -0.0110. The standard InChI is InChI=1S/C15H21Cl2NO/c1-3-18-14(15(2)7-4-8-19-15)9-11-5-6-12(16)10-13(11)17/h5-6,10,14,18H,3-4,7-9H2,1-2H3. The fourth-order valence-electron chi connectivity index (χ4n) is 2.73. The second-order valence-corrected chi connectivity index (χ2v) is 6.16. The molecule has 0 aromatic heterocycles. The van der Waals surface area contributed by atoms with Crippen molar-refractivity contribution in [3.05, 3.63) is 33.8 Å². The zero-order valence-corrected chi connectivity index (χ0v) is 13.0. The zero-order valence-electron chi connectivity index (χ0n) is 11.5. The van der Waals surface area contributed by atoms with E-state index in [9.17, 15) is 0 Å². The van der Waals surface area contributed by atoms with E-state index in [1.165, 1.54) is 0 Å². The van der Waals surface area contributed by atoms with E-state index >= 15 is 0 Å². The van der Waals surface area contributed by atoms with E-state index in [0.29, 0.717) is 5.02 Å². The summed E-state index contributed by atoms with van der Waals surface area (Å²) in [4.78, 5) is 0. The molecule has 0 bridgehead atoms. The first kappa shape index (κ1) is 15.1. The average Bonchev–Trinajstić information content (AvgIpc) is 2.80. The molecule has 0 amide bonds. The quantitative estimate of drug-likeness (QED) is 0.885. The number of nitrogens with one attached hydrogen (secondary N) is 1. The fraction of sp³-hybridized carbons (Fsp3) is 0.600. The fourth-order valence-corrected chi connectivity index (χ4v) is 3.22. The van der Waals surface area contributed by atoms with Gasteiger partial charge >= 0.3 is 0 Å². The third kappa shape index (κ3) is 3.63. The summed E-state index contributed by atoms with van der Waals surface area (Å²) in [7, 11) is 0. The van der Waals surface area contributed by atoms with Gasteiger partial charge in [-0.3, -0.25) is 0 Å².